The zero-order valence-electron chi connectivity index (χ0n) is 4.81. The van der Waals surface area contributed by atoms with Gasteiger partial charge in [0.2, 0.25) is 0 Å². The molecule has 0 aromatic rings. The van der Waals surface area contributed by atoms with Gasteiger partial charge < -0.3 is 15.3 Å². The van der Waals surface area contributed by atoms with Crippen LogP contribution in [0.1, 0.15) is 12.8 Å². The van der Waals surface area contributed by atoms with Crippen molar-refractivity contribution >= 4 is 12.2 Å². The van der Waals surface area contributed by atoms with Crippen molar-refractivity contribution in [3.8, 4) is 0 Å². The van der Waals surface area contributed by atoms with E-state index in [1.807, 2.05) is 0 Å². The Hall–Kier alpha value is 0.140. The fourth-order valence-corrected chi connectivity index (χ4v) is 0.190. The van der Waals surface area contributed by atoms with Crippen LogP contribution in [0.3, 0.4) is 0 Å². The molecule has 1 N–H and O–H groups in total. The third-order valence-electron chi connectivity index (χ3n) is 0.493. The topological polar surface area (TPSA) is 64.0 Å². The van der Waals surface area contributed by atoms with Crippen LogP contribution in [0.2, 0.25) is 0 Å². The molecule has 0 atom stereocenters. The average molecular weight is 123 g/mol. The molecule has 4 heteroatoms. The van der Waals surface area contributed by atoms with Crippen molar-refractivity contribution in [3.63, 3.8) is 0 Å². The number of rotatable bonds is 3. The Kier molecular flexibility index (Phi) is 9.82. The molecule has 0 amide bonds. The zero-order valence-corrected chi connectivity index (χ0v) is 6.81. The Morgan fingerprint density at radius 2 is 2.25 bits per heavy atom. The molecule has 0 saturated heterocycles. The number of carbonyl (C=O) groups is 1. The van der Waals surface area contributed by atoms with Crippen molar-refractivity contribution in [2.75, 3.05) is 0 Å². The minimum absolute atomic E-state index is 0. The molecule has 0 aliphatic carbocycles. The first-order valence-electron chi connectivity index (χ1n) is 1.96. The molecule has 0 fully saturated rings. The first kappa shape index (κ1) is 11.0. The molecule has 0 aromatic carbocycles. The van der Waals surface area contributed by atoms with Crippen LogP contribution in [-0.4, -0.2) is 12.2 Å². The van der Waals surface area contributed by atoms with Crippen molar-refractivity contribution < 1.29 is 39.5 Å². The minimum atomic E-state index is -1.09. The van der Waals surface area contributed by atoms with Gasteiger partial charge >= 0.3 is 29.6 Å². The van der Waals surface area contributed by atoms with E-state index in [4.69, 9.17) is 5.41 Å². The van der Waals surface area contributed by atoms with Crippen molar-refractivity contribution in [1.29, 1.82) is 5.41 Å². The molecule has 0 saturated carbocycles. The number of carboxylic acids is 1. The molecule has 3 nitrogen and oxygen atoms in total. The van der Waals surface area contributed by atoms with E-state index in [2.05, 4.69) is 0 Å². The molecule has 0 aromatic heterocycles. The van der Waals surface area contributed by atoms with E-state index >= 15 is 0 Å². The fourth-order valence-electron chi connectivity index (χ4n) is 0.190. The SMILES string of the molecule is N=CCCC(=O)[O-].[Na+]. The van der Waals surface area contributed by atoms with Crippen LogP contribution in [-0.2, 0) is 4.79 Å². The van der Waals surface area contributed by atoms with Gasteiger partial charge in [0.05, 0.1) is 0 Å². The van der Waals surface area contributed by atoms with Gasteiger partial charge in [-0.2, -0.15) is 0 Å². The van der Waals surface area contributed by atoms with Crippen molar-refractivity contribution in [2.45, 2.75) is 12.8 Å². The molecule has 0 rings (SSSR count). The van der Waals surface area contributed by atoms with Crippen LogP contribution >= 0.6 is 0 Å². The van der Waals surface area contributed by atoms with E-state index in [0.717, 1.165) is 6.21 Å². The van der Waals surface area contributed by atoms with E-state index in [9.17, 15) is 9.90 Å². The summed E-state index contributed by atoms with van der Waals surface area (Å²) in [6.45, 7) is 0. The number of carbonyl (C=O) groups excluding carboxylic acids is 1. The first-order valence-corrected chi connectivity index (χ1v) is 1.96. The van der Waals surface area contributed by atoms with Gasteiger partial charge in [-0.15, -0.1) is 0 Å². The van der Waals surface area contributed by atoms with Gasteiger partial charge in [0.15, 0.2) is 0 Å². The molecule has 0 unspecified atom stereocenters. The quantitative estimate of drug-likeness (QED) is 0.308. The van der Waals surface area contributed by atoms with E-state index in [1.165, 1.54) is 0 Å². The van der Waals surface area contributed by atoms with E-state index < -0.39 is 5.97 Å². The van der Waals surface area contributed by atoms with Crippen LogP contribution < -0.4 is 34.7 Å². The number of hydrogen-bond donors (Lipinski definition) is 1. The third kappa shape index (κ3) is 9.46. The summed E-state index contributed by atoms with van der Waals surface area (Å²) in [7, 11) is 0. The maximum absolute atomic E-state index is 9.54. The molecule has 0 spiro atoms. The molecule has 0 aliphatic rings. The number of aliphatic carboxylic acids is 1. The Morgan fingerprint density at radius 3 is 2.38 bits per heavy atom. The van der Waals surface area contributed by atoms with Gasteiger partial charge in [-0.05, 0) is 19.1 Å². The summed E-state index contributed by atoms with van der Waals surface area (Å²) in [6, 6.07) is 0. The van der Waals surface area contributed by atoms with Crippen molar-refractivity contribution in [1.82, 2.24) is 0 Å². The van der Waals surface area contributed by atoms with E-state index in [-0.39, 0.29) is 42.4 Å². The monoisotopic (exact) mass is 123 g/mol. The van der Waals surface area contributed by atoms with Crippen molar-refractivity contribution in [2.24, 2.45) is 0 Å². The molecular weight excluding hydrogens is 117 g/mol. The van der Waals surface area contributed by atoms with Gasteiger partial charge in [-0.1, -0.05) is 0 Å². The average Bonchev–Trinajstić information content (AvgIpc) is 1.61. The second kappa shape index (κ2) is 7.14. The summed E-state index contributed by atoms with van der Waals surface area (Å²) in [4.78, 5) is 9.54. The van der Waals surface area contributed by atoms with Crippen LogP contribution in [0.25, 0.3) is 0 Å². The van der Waals surface area contributed by atoms with Gasteiger partial charge in [0.25, 0.3) is 0 Å². The van der Waals surface area contributed by atoms with Gasteiger partial charge in [0, 0.05) is 5.97 Å². The number of hydrogen-bond acceptors (Lipinski definition) is 3. The molecule has 40 valence electrons. The Bertz CT molecular complexity index is 84.1. The van der Waals surface area contributed by atoms with Crippen LogP contribution in [0, 0.1) is 5.41 Å². The normalized spacial score (nSPS) is 7.00. The molecule has 0 radical (unpaired) electrons. The van der Waals surface area contributed by atoms with Gasteiger partial charge in [-0.3, -0.25) is 0 Å². The fraction of sp³-hybridized carbons (Fsp3) is 0.500. The number of nitrogens with one attached hydrogen (secondary N) is 1. The maximum Gasteiger partial charge on any atom is 1.00 e. The first-order chi connectivity index (χ1) is 3.27. The summed E-state index contributed by atoms with van der Waals surface area (Å²) in [5.74, 6) is -1.09. The molecule has 8 heavy (non-hydrogen) atoms. The predicted molar refractivity (Wildman–Crippen MR) is 23.0 cm³/mol. The summed E-state index contributed by atoms with van der Waals surface area (Å²) >= 11 is 0. The summed E-state index contributed by atoms with van der Waals surface area (Å²) in [6.07, 6.45) is 1.29. The maximum atomic E-state index is 9.54. The summed E-state index contributed by atoms with van der Waals surface area (Å²) in [5, 5.41) is 15.9. The molecule has 0 bridgehead atoms. The number of carboxylic acid groups (broad SMARTS) is 1. The smallest absolute Gasteiger partial charge is 0.550 e. The van der Waals surface area contributed by atoms with E-state index in [1.54, 1.807) is 0 Å². The van der Waals surface area contributed by atoms with Crippen LogP contribution in [0.15, 0.2) is 0 Å². The predicted octanol–water partition coefficient (Wildman–Crippen LogP) is -3.83. The zero-order chi connectivity index (χ0) is 5.70. The van der Waals surface area contributed by atoms with Gasteiger partial charge in [-0.25, -0.2) is 0 Å². The molecular formula is C4H6NNaO2. The van der Waals surface area contributed by atoms with E-state index in [0.29, 0.717) is 0 Å². The second-order valence-corrected chi connectivity index (χ2v) is 1.11. The largest absolute Gasteiger partial charge is 1.00 e. The van der Waals surface area contributed by atoms with Gasteiger partial charge in [0.1, 0.15) is 0 Å². The van der Waals surface area contributed by atoms with Crippen molar-refractivity contribution in [3.05, 3.63) is 0 Å². The summed E-state index contributed by atoms with van der Waals surface area (Å²) in [5.41, 5.74) is 0. The van der Waals surface area contributed by atoms with Crippen LogP contribution in [0.4, 0.5) is 0 Å². The molecule has 0 heterocycles. The second-order valence-electron chi connectivity index (χ2n) is 1.11. The third-order valence-corrected chi connectivity index (χ3v) is 0.493. The Labute approximate surface area is 69.9 Å². The Balaban J connectivity index is 0. The standard InChI is InChI=1S/C4H7NO2.Na/c5-3-1-2-4(6)7;/h3,5H,1-2H2,(H,6,7);/q;+1/p-1. The van der Waals surface area contributed by atoms with Crippen LogP contribution in [0.5, 0.6) is 0 Å². The summed E-state index contributed by atoms with van der Waals surface area (Å²) < 4.78 is 0. The molecule has 0 aliphatic heterocycles. The Morgan fingerprint density at radius 1 is 1.75 bits per heavy atom. The minimum Gasteiger partial charge on any atom is -0.550 e.